The van der Waals surface area contributed by atoms with Gasteiger partial charge in [0.1, 0.15) is 5.82 Å². The van der Waals surface area contributed by atoms with Gasteiger partial charge in [-0.15, -0.1) is 0 Å². The highest BCUT2D eigenvalue weighted by molar-refractivity contribution is 5.95. The summed E-state index contributed by atoms with van der Waals surface area (Å²) in [5, 5.41) is 4.42. The Kier molecular flexibility index (Phi) is 6.01. The fourth-order valence-corrected chi connectivity index (χ4v) is 4.31. The van der Waals surface area contributed by atoms with Crippen LogP contribution in [0, 0.1) is 34.6 Å². The van der Waals surface area contributed by atoms with Crippen LogP contribution in [0.2, 0.25) is 0 Å². The van der Waals surface area contributed by atoms with Gasteiger partial charge < -0.3 is 31.0 Å². The van der Waals surface area contributed by atoms with Gasteiger partial charge in [-0.2, -0.15) is 4.98 Å². The highest BCUT2D eigenvalue weighted by atomic mass is 16.5. The predicted octanol–water partition coefficient (Wildman–Crippen LogP) is 3.97. The first kappa shape index (κ1) is 22.3. The van der Waals surface area contributed by atoms with Gasteiger partial charge in [0.15, 0.2) is 11.5 Å². The number of methoxy groups -OCH3 is 3. The molecule has 0 bridgehead atoms. The number of rotatable bonds is 6. The van der Waals surface area contributed by atoms with Crippen LogP contribution in [-0.4, -0.2) is 31.3 Å². The van der Waals surface area contributed by atoms with Crippen LogP contribution in [0.1, 0.15) is 33.4 Å². The molecule has 0 aliphatic heterocycles. The van der Waals surface area contributed by atoms with E-state index < -0.39 is 0 Å². The molecule has 0 aliphatic rings. The lowest BCUT2D eigenvalue weighted by atomic mass is 9.93. The predicted molar refractivity (Wildman–Crippen MR) is 125 cm³/mol. The average Bonchev–Trinajstić information content (AvgIpc) is 2.73. The van der Waals surface area contributed by atoms with Crippen LogP contribution >= 0.6 is 0 Å². The van der Waals surface area contributed by atoms with E-state index in [0.717, 1.165) is 50.0 Å². The summed E-state index contributed by atoms with van der Waals surface area (Å²) in [6.07, 6.45) is 0. The quantitative estimate of drug-likeness (QED) is 0.543. The van der Waals surface area contributed by atoms with Crippen molar-refractivity contribution in [2.75, 3.05) is 38.1 Å². The van der Waals surface area contributed by atoms with E-state index in [1.54, 1.807) is 21.3 Å². The van der Waals surface area contributed by atoms with E-state index in [0.29, 0.717) is 29.6 Å². The van der Waals surface area contributed by atoms with Crippen LogP contribution in [0.4, 0.5) is 17.5 Å². The summed E-state index contributed by atoms with van der Waals surface area (Å²) < 4.78 is 16.8. The zero-order valence-electron chi connectivity index (χ0n) is 19.5. The van der Waals surface area contributed by atoms with Crippen molar-refractivity contribution < 1.29 is 14.2 Å². The Balaban J connectivity index is 2.14. The van der Waals surface area contributed by atoms with Gasteiger partial charge in [-0.1, -0.05) is 0 Å². The summed E-state index contributed by atoms with van der Waals surface area (Å²) in [6, 6.07) is 0. The first-order valence-electron chi connectivity index (χ1n) is 10.0. The molecule has 0 unspecified atom stereocenters. The molecular weight excluding hydrogens is 394 g/mol. The number of benzene rings is 2. The number of nitrogens with zero attached hydrogens (tertiary/aromatic N) is 2. The molecular formula is C23H31N5O3. The van der Waals surface area contributed by atoms with Gasteiger partial charge in [-0.05, 0) is 56.9 Å². The number of hydrogen-bond acceptors (Lipinski definition) is 8. The second-order valence-corrected chi connectivity index (χ2v) is 7.62. The molecule has 1 heterocycles. The zero-order chi connectivity index (χ0) is 23.0. The highest BCUT2D eigenvalue weighted by Gasteiger charge is 2.23. The van der Waals surface area contributed by atoms with E-state index in [1.165, 1.54) is 0 Å². The fourth-order valence-electron chi connectivity index (χ4n) is 4.31. The van der Waals surface area contributed by atoms with Gasteiger partial charge in [0.25, 0.3) is 0 Å². The molecule has 0 fully saturated rings. The van der Waals surface area contributed by atoms with Crippen LogP contribution in [0.25, 0.3) is 10.9 Å². The molecule has 3 rings (SSSR count). The summed E-state index contributed by atoms with van der Waals surface area (Å²) >= 11 is 0. The number of nitrogens with two attached hydrogens (primary N) is 2. The Hall–Kier alpha value is -3.42. The van der Waals surface area contributed by atoms with Crippen molar-refractivity contribution in [1.82, 2.24) is 9.97 Å². The second kappa shape index (κ2) is 8.37. The molecule has 3 aromatic rings. The lowest BCUT2D eigenvalue weighted by Crippen LogP contribution is -2.11. The molecule has 0 radical (unpaired) electrons. The number of hydrogen-bond donors (Lipinski definition) is 3. The minimum atomic E-state index is 0.182. The van der Waals surface area contributed by atoms with Gasteiger partial charge in [0.05, 0.1) is 26.8 Å². The summed E-state index contributed by atoms with van der Waals surface area (Å²) in [5.74, 6) is 2.44. The summed E-state index contributed by atoms with van der Waals surface area (Å²) in [7, 11) is 4.86. The molecule has 8 nitrogen and oxygen atoms in total. The standard InChI is InChI=1S/C23H31N5O3/c1-10-11(2)18-16(22(24)28-23(25)27-18)12(3)15(10)9-26-17-13(4)19(29-6)21(31-8)20(30-7)14(17)5/h26H,9H2,1-8H3,(H4,24,25,27,28). The van der Waals surface area contributed by atoms with Crippen molar-refractivity contribution in [3.63, 3.8) is 0 Å². The average molecular weight is 426 g/mol. The first-order chi connectivity index (χ1) is 14.7. The molecule has 0 spiro atoms. The van der Waals surface area contributed by atoms with E-state index in [9.17, 15) is 0 Å². The molecule has 0 atom stereocenters. The van der Waals surface area contributed by atoms with Gasteiger partial charge >= 0.3 is 0 Å². The molecule has 0 aliphatic carbocycles. The maximum absolute atomic E-state index is 6.21. The molecule has 5 N–H and O–H groups in total. The first-order valence-corrected chi connectivity index (χ1v) is 10.0. The van der Waals surface area contributed by atoms with Crippen molar-refractivity contribution in [2.24, 2.45) is 0 Å². The third kappa shape index (κ3) is 3.52. The van der Waals surface area contributed by atoms with Gasteiger partial charge in [0.2, 0.25) is 11.7 Å². The van der Waals surface area contributed by atoms with Crippen LogP contribution < -0.4 is 31.0 Å². The van der Waals surface area contributed by atoms with Gasteiger partial charge in [-0.25, -0.2) is 4.98 Å². The number of ether oxygens (including phenoxy) is 3. The molecule has 0 saturated carbocycles. The monoisotopic (exact) mass is 425 g/mol. The van der Waals surface area contributed by atoms with Crippen molar-refractivity contribution in [3.8, 4) is 17.2 Å². The number of fused-ring (bicyclic) bond motifs is 1. The molecule has 2 aromatic carbocycles. The van der Waals surface area contributed by atoms with Gasteiger partial charge in [0, 0.05) is 28.7 Å². The van der Waals surface area contributed by atoms with Crippen LogP contribution in [0.5, 0.6) is 17.2 Å². The maximum atomic E-state index is 6.21. The number of nitrogens with one attached hydrogen (secondary N) is 1. The maximum Gasteiger partial charge on any atom is 0.222 e. The molecule has 31 heavy (non-hydrogen) atoms. The number of aromatic nitrogens is 2. The van der Waals surface area contributed by atoms with Crippen LogP contribution in [0.3, 0.4) is 0 Å². The molecule has 8 heteroatoms. The Morgan fingerprint density at radius 3 is 1.77 bits per heavy atom. The Morgan fingerprint density at radius 2 is 1.26 bits per heavy atom. The Bertz CT molecular complexity index is 1140. The Labute approximate surface area is 182 Å². The zero-order valence-corrected chi connectivity index (χ0v) is 19.5. The molecule has 1 aromatic heterocycles. The fraction of sp³-hybridized carbons (Fsp3) is 0.391. The van der Waals surface area contributed by atoms with E-state index >= 15 is 0 Å². The van der Waals surface area contributed by atoms with E-state index in [4.69, 9.17) is 25.7 Å². The van der Waals surface area contributed by atoms with Gasteiger partial charge in [-0.3, -0.25) is 0 Å². The van der Waals surface area contributed by atoms with E-state index in [-0.39, 0.29) is 5.95 Å². The number of nitrogen functional groups attached to an aromatic ring is 2. The van der Waals surface area contributed by atoms with Crippen molar-refractivity contribution in [2.45, 2.75) is 41.2 Å². The third-order valence-corrected chi connectivity index (χ3v) is 6.05. The van der Waals surface area contributed by atoms with Crippen molar-refractivity contribution >= 4 is 28.4 Å². The molecule has 166 valence electrons. The second-order valence-electron chi connectivity index (χ2n) is 7.62. The highest BCUT2D eigenvalue weighted by Crippen LogP contribution is 2.47. The van der Waals surface area contributed by atoms with Crippen LogP contribution in [0.15, 0.2) is 0 Å². The summed E-state index contributed by atoms with van der Waals surface area (Å²) in [6.45, 7) is 10.7. The molecule has 0 amide bonds. The lowest BCUT2D eigenvalue weighted by molar-refractivity contribution is 0.322. The molecule has 0 saturated heterocycles. The topological polar surface area (TPSA) is 118 Å². The number of anilines is 3. The lowest BCUT2D eigenvalue weighted by Gasteiger charge is -2.23. The van der Waals surface area contributed by atoms with Crippen LogP contribution in [-0.2, 0) is 6.54 Å². The Morgan fingerprint density at radius 1 is 0.710 bits per heavy atom. The van der Waals surface area contributed by atoms with E-state index in [2.05, 4.69) is 22.2 Å². The summed E-state index contributed by atoms with van der Waals surface area (Å²) in [5.41, 5.74) is 20.0. The van der Waals surface area contributed by atoms with E-state index in [1.807, 2.05) is 27.7 Å². The largest absolute Gasteiger partial charge is 0.492 e. The minimum absolute atomic E-state index is 0.182. The van der Waals surface area contributed by atoms with Crippen molar-refractivity contribution in [1.29, 1.82) is 0 Å². The SMILES string of the molecule is COc1c(C)c(NCc2c(C)c(C)c3nc(N)nc(N)c3c2C)c(C)c(OC)c1OC. The third-order valence-electron chi connectivity index (χ3n) is 6.05. The summed E-state index contributed by atoms with van der Waals surface area (Å²) in [4.78, 5) is 8.59. The normalized spacial score (nSPS) is 11.0. The number of aryl methyl sites for hydroxylation is 2. The van der Waals surface area contributed by atoms with Crippen molar-refractivity contribution in [3.05, 3.63) is 33.4 Å². The minimum Gasteiger partial charge on any atom is -0.492 e. The smallest absolute Gasteiger partial charge is 0.222 e.